The van der Waals surface area contributed by atoms with Crippen molar-refractivity contribution in [3.8, 4) is 0 Å². The molecule has 1 aromatic rings. The molecule has 0 radical (unpaired) electrons. The van der Waals surface area contributed by atoms with Gasteiger partial charge in [0, 0.05) is 18.4 Å². The van der Waals surface area contributed by atoms with Crippen molar-refractivity contribution >= 4 is 23.6 Å². The number of carbonyl (C=O) groups is 2. The summed E-state index contributed by atoms with van der Waals surface area (Å²) in [5.41, 5.74) is 1.68. The molecular weight excluding hydrogens is 262 g/mol. The first-order valence-electron chi connectivity index (χ1n) is 6.14. The van der Waals surface area contributed by atoms with E-state index in [9.17, 15) is 9.59 Å². The fraction of sp³-hybridized carbons (Fsp3) is 0.429. The molecule has 1 aromatic carbocycles. The molecule has 1 atom stereocenters. The standard InChI is InChI=1S/C14H19NO3S/c1-4-19-9-11-5-7-12(8-6-11)13(16)15(3)10(2)14(17)18/h5-8,10H,4,9H2,1-3H3,(H,17,18). The fourth-order valence-electron chi connectivity index (χ4n) is 1.51. The van der Waals surface area contributed by atoms with Crippen molar-refractivity contribution in [1.82, 2.24) is 4.90 Å². The first-order valence-corrected chi connectivity index (χ1v) is 7.29. The average molecular weight is 281 g/mol. The molecule has 0 spiro atoms. The molecule has 0 aromatic heterocycles. The summed E-state index contributed by atoms with van der Waals surface area (Å²) in [6.07, 6.45) is 0. The van der Waals surface area contributed by atoms with E-state index < -0.39 is 12.0 Å². The Kier molecular flexibility index (Phi) is 5.89. The first kappa shape index (κ1) is 15.6. The maximum absolute atomic E-state index is 12.1. The second kappa shape index (κ2) is 7.19. The molecule has 1 amide bonds. The molecule has 0 heterocycles. The molecule has 0 saturated carbocycles. The van der Waals surface area contributed by atoms with Gasteiger partial charge in [-0.1, -0.05) is 19.1 Å². The number of likely N-dealkylation sites (N-methyl/N-ethyl adjacent to an activating group) is 1. The lowest BCUT2D eigenvalue weighted by Gasteiger charge is -2.21. The number of benzene rings is 1. The third-order valence-corrected chi connectivity index (χ3v) is 3.88. The molecule has 0 bridgehead atoms. The Bertz CT molecular complexity index is 445. The summed E-state index contributed by atoms with van der Waals surface area (Å²) < 4.78 is 0. The second-order valence-corrected chi connectivity index (χ2v) is 5.54. The molecule has 4 nitrogen and oxygen atoms in total. The van der Waals surface area contributed by atoms with E-state index in [1.165, 1.54) is 18.9 Å². The fourth-order valence-corrected chi connectivity index (χ4v) is 2.14. The van der Waals surface area contributed by atoms with Crippen molar-refractivity contribution < 1.29 is 14.7 Å². The van der Waals surface area contributed by atoms with E-state index >= 15 is 0 Å². The van der Waals surface area contributed by atoms with Crippen molar-refractivity contribution in [3.63, 3.8) is 0 Å². The van der Waals surface area contributed by atoms with Crippen LogP contribution in [0.15, 0.2) is 24.3 Å². The van der Waals surface area contributed by atoms with Gasteiger partial charge in [-0.2, -0.15) is 11.8 Å². The number of amides is 1. The van der Waals surface area contributed by atoms with Gasteiger partial charge >= 0.3 is 5.97 Å². The van der Waals surface area contributed by atoms with E-state index in [0.717, 1.165) is 17.1 Å². The predicted octanol–water partition coefficient (Wildman–Crippen LogP) is 2.48. The number of thioether (sulfide) groups is 1. The van der Waals surface area contributed by atoms with Crippen molar-refractivity contribution in [2.45, 2.75) is 25.6 Å². The van der Waals surface area contributed by atoms with Gasteiger partial charge in [-0.05, 0) is 30.4 Å². The molecule has 1 unspecified atom stereocenters. The Morgan fingerprint density at radius 2 is 1.89 bits per heavy atom. The Morgan fingerprint density at radius 1 is 1.32 bits per heavy atom. The topological polar surface area (TPSA) is 57.6 Å². The molecule has 5 heteroatoms. The van der Waals surface area contributed by atoms with E-state index in [1.54, 1.807) is 12.1 Å². The zero-order chi connectivity index (χ0) is 14.4. The van der Waals surface area contributed by atoms with Gasteiger partial charge in [0.05, 0.1) is 0 Å². The average Bonchev–Trinajstić information content (AvgIpc) is 2.43. The summed E-state index contributed by atoms with van der Waals surface area (Å²) in [6, 6.07) is 6.49. The van der Waals surface area contributed by atoms with Crippen molar-refractivity contribution in [3.05, 3.63) is 35.4 Å². The van der Waals surface area contributed by atoms with Crippen LogP contribution in [0, 0.1) is 0 Å². The van der Waals surface area contributed by atoms with Crippen LogP contribution < -0.4 is 0 Å². The molecule has 1 rings (SSSR count). The zero-order valence-corrected chi connectivity index (χ0v) is 12.2. The molecular formula is C14H19NO3S. The highest BCUT2D eigenvalue weighted by atomic mass is 32.2. The van der Waals surface area contributed by atoms with Crippen LogP contribution >= 0.6 is 11.8 Å². The van der Waals surface area contributed by atoms with Crippen molar-refractivity contribution in [1.29, 1.82) is 0 Å². The Hall–Kier alpha value is -1.49. The van der Waals surface area contributed by atoms with Gasteiger partial charge in [-0.15, -0.1) is 0 Å². The smallest absolute Gasteiger partial charge is 0.326 e. The lowest BCUT2D eigenvalue weighted by Crippen LogP contribution is -2.40. The van der Waals surface area contributed by atoms with Crippen molar-refractivity contribution in [2.24, 2.45) is 0 Å². The van der Waals surface area contributed by atoms with E-state index in [0.29, 0.717) is 5.56 Å². The van der Waals surface area contributed by atoms with E-state index in [2.05, 4.69) is 6.92 Å². The Morgan fingerprint density at radius 3 is 2.37 bits per heavy atom. The van der Waals surface area contributed by atoms with Gasteiger partial charge in [0.2, 0.25) is 0 Å². The second-order valence-electron chi connectivity index (χ2n) is 4.26. The van der Waals surface area contributed by atoms with Crippen LogP contribution in [0.25, 0.3) is 0 Å². The zero-order valence-electron chi connectivity index (χ0n) is 11.4. The van der Waals surface area contributed by atoms with Crippen LogP contribution in [0.5, 0.6) is 0 Å². The number of nitrogens with zero attached hydrogens (tertiary/aromatic N) is 1. The highest BCUT2D eigenvalue weighted by Crippen LogP contribution is 2.14. The van der Waals surface area contributed by atoms with Crippen LogP contribution in [-0.4, -0.2) is 40.7 Å². The van der Waals surface area contributed by atoms with Crippen LogP contribution in [0.3, 0.4) is 0 Å². The minimum Gasteiger partial charge on any atom is -0.480 e. The number of aliphatic carboxylic acids is 1. The maximum Gasteiger partial charge on any atom is 0.326 e. The summed E-state index contributed by atoms with van der Waals surface area (Å²) in [6.45, 7) is 3.59. The summed E-state index contributed by atoms with van der Waals surface area (Å²) in [7, 11) is 1.50. The molecule has 0 aliphatic rings. The third kappa shape index (κ3) is 4.28. The van der Waals surface area contributed by atoms with E-state index in [4.69, 9.17) is 5.11 Å². The summed E-state index contributed by atoms with van der Waals surface area (Å²) in [5.74, 6) is 0.697. The third-order valence-electron chi connectivity index (χ3n) is 2.93. The highest BCUT2D eigenvalue weighted by Gasteiger charge is 2.22. The number of carbonyl (C=O) groups excluding carboxylic acids is 1. The lowest BCUT2D eigenvalue weighted by molar-refractivity contribution is -0.141. The quantitative estimate of drug-likeness (QED) is 0.870. The summed E-state index contributed by atoms with van der Waals surface area (Å²) >= 11 is 1.82. The largest absolute Gasteiger partial charge is 0.480 e. The SMILES string of the molecule is CCSCc1ccc(C(=O)N(C)C(C)C(=O)O)cc1. The van der Waals surface area contributed by atoms with Gasteiger partial charge in [0.1, 0.15) is 6.04 Å². The summed E-state index contributed by atoms with van der Waals surface area (Å²) in [5, 5.41) is 8.89. The van der Waals surface area contributed by atoms with Crippen LogP contribution in [0.1, 0.15) is 29.8 Å². The number of hydrogen-bond acceptors (Lipinski definition) is 3. The number of hydrogen-bond donors (Lipinski definition) is 1. The van der Waals surface area contributed by atoms with Gasteiger partial charge in [-0.3, -0.25) is 4.79 Å². The predicted molar refractivity (Wildman–Crippen MR) is 77.5 cm³/mol. The normalized spacial score (nSPS) is 11.9. The summed E-state index contributed by atoms with van der Waals surface area (Å²) in [4.78, 5) is 24.2. The van der Waals surface area contributed by atoms with Crippen LogP contribution in [-0.2, 0) is 10.5 Å². The Labute approximate surface area is 117 Å². The Balaban J connectivity index is 2.75. The number of carboxylic acid groups (broad SMARTS) is 1. The molecule has 19 heavy (non-hydrogen) atoms. The molecule has 1 N–H and O–H groups in total. The molecule has 0 fully saturated rings. The minimum atomic E-state index is -1.01. The minimum absolute atomic E-state index is 0.274. The van der Waals surface area contributed by atoms with Gasteiger partial charge in [0.25, 0.3) is 5.91 Å². The monoisotopic (exact) mass is 281 g/mol. The number of rotatable bonds is 6. The molecule has 0 aliphatic heterocycles. The highest BCUT2D eigenvalue weighted by molar-refractivity contribution is 7.98. The van der Waals surface area contributed by atoms with Gasteiger partial charge in [-0.25, -0.2) is 4.79 Å². The maximum atomic E-state index is 12.1. The lowest BCUT2D eigenvalue weighted by atomic mass is 10.1. The van der Waals surface area contributed by atoms with Gasteiger partial charge < -0.3 is 10.0 Å². The van der Waals surface area contributed by atoms with E-state index in [-0.39, 0.29) is 5.91 Å². The number of carboxylic acids is 1. The van der Waals surface area contributed by atoms with Crippen LogP contribution in [0.4, 0.5) is 0 Å². The molecule has 0 saturated heterocycles. The first-order chi connectivity index (χ1) is 8.97. The van der Waals surface area contributed by atoms with Gasteiger partial charge in [0.15, 0.2) is 0 Å². The molecule has 0 aliphatic carbocycles. The van der Waals surface area contributed by atoms with Crippen LogP contribution in [0.2, 0.25) is 0 Å². The molecule has 104 valence electrons. The van der Waals surface area contributed by atoms with Crippen molar-refractivity contribution in [2.75, 3.05) is 12.8 Å². The van der Waals surface area contributed by atoms with E-state index in [1.807, 2.05) is 23.9 Å².